The van der Waals surface area contributed by atoms with Crippen molar-refractivity contribution in [3.05, 3.63) is 144 Å². The number of anilines is 2. The molecule has 0 bridgehead atoms. The zero-order chi connectivity index (χ0) is 28.9. The predicted molar refractivity (Wildman–Crippen MR) is 170 cm³/mol. The number of nitrogens with zero attached hydrogens (tertiary/aromatic N) is 1. The zero-order valence-electron chi connectivity index (χ0n) is 22.2. The minimum atomic E-state index is -0.567. The highest BCUT2D eigenvalue weighted by molar-refractivity contribution is 8.00. The Hall–Kier alpha value is -4.79. The first-order chi connectivity index (χ1) is 20.5. The number of fused-ring (bicyclic) bond motifs is 1. The van der Waals surface area contributed by atoms with Crippen LogP contribution < -0.4 is 10.6 Å². The lowest BCUT2D eigenvalue weighted by Crippen LogP contribution is -2.19. The van der Waals surface area contributed by atoms with Crippen molar-refractivity contribution in [1.29, 1.82) is 0 Å². The molecule has 8 heteroatoms. The SMILES string of the molecule is O=C(Nc1cccc(SC(C(=O)Nc2nc(-c3ccc4ccccc4c3)cs2)c2ccccc2)c1)c1ccc(F)cc1. The summed E-state index contributed by atoms with van der Waals surface area (Å²) in [7, 11) is 0. The molecule has 2 N–H and O–H groups in total. The van der Waals surface area contributed by atoms with Gasteiger partial charge in [-0.15, -0.1) is 23.1 Å². The highest BCUT2D eigenvalue weighted by atomic mass is 32.2. The molecule has 1 unspecified atom stereocenters. The number of thiazole rings is 1. The van der Waals surface area contributed by atoms with E-state index in [9.17, 15) is 14.0 Å². The van der Waals surface area contributed by atoms with Crippen molar-refractivity contribution in [2.45, 2.75) is 10.1 Å². The lowest BCUT2D eigenvalue weighted by Gasteiger charge is -2.17. The van der Waals surface area contributed by atoms with E-state index < -0.39 is 11.1 Å². The summed E-state index contributed by atoms with van der Waals surface area (Å²) in [6.45, 7) is 0. The van der Waals surface area contributed by atoms with Gasteiger partial charge < -0.3 is 10.6 Å². The quantitative estimate of drug-likeness (QED) is 0.174. The number of hydrogen-bond acceptors (Lipinski definition) is 5. The van der Waals surface area contributed by atoms with E-state index in [-0.39, 0.29) is 11.8 Å². The largest absolute Gasteiger partial charge is 0.322 e. The Morgan fingerprint density at radius 2 is 1.52 bits per heavy atom. The number of rotatable bonds is 8. The van der Waals surface area contributed by atoms with Gasteiger partial charge in [-0.1, -0.05) is 72.8 Å². The molecule has 0 saturated heterocycles. The molecule has 42 heavy (non-hydrogen) atoms. The first kappa shape index (κ1) is 27.4. The monoisotopic (exact) mass is 589 g/mol. The molecule has 1 heterocycles. The van der Waals surface area contributed by atoms with Crippen LogP contribution in [-0.2, 0) is 4.79 Å². The van der Waals surface area contributed by atoms with Crippen molar-refractivity contribution >= 4 is 56.5 Å². The number of amides is 2. The van der Waals surface area contributed by atoms with E-state index in [1.54, 1.807) is 6.07 Å². The van der Waals surface area contributed by atoms with Gasteiger partial charge in [-0.25, -0.2) is 9.37 Å². The average molecular weight is 590 g/mol. The molecular weight excluding hydrogens is 566 g/mol. The Balaban J connectivity index is 1.20. The fraction of sp³-hybridized carbons (Fsp3) is 0.0294. The molecule has 0 radical (unpaired) electrons. The van der Waals surface area contributed by atoms with Crippen molar-refractivity contribution in [3.8, 4) is 11.3 Å². The van der Waals surface area contributed by atoms with Gasteiger partial charge in [0.15, 0.2) is 5.13 Å². The lowest BCUT2D eigenvalue weighted by molar-refractivity contribution is -0.115. The predicted octanol–water partition coefficient (Wildman–Crippen LogP) is 8.83. The third-order valence-corrected chi connectivity index (χ3v) is 8.58. The van der Waals surface area contributed by atoms with Crippen LogP contribution in [0.2, 0.25) is 0 Å². The van der Waals surface area contributed by atoms with Gasteiger partial charge in [-0.3, -0.25) is 9.59 Å². The number of benzene rings is 5. The van der Waals surface area contributed by atoms with Crippen molar-refractivity contribution in [2.24, 2.45) is 0 Å². The number of halogens is 1. The van der Waals surface area contributed by atoms with Gasteiger partial charge in [0.05, 0.1) is 5.69 Å². The van der Waals surface area contributed by atoms with Crippen LogP contribution in [0.3, 0.4) is 0 Å². The second-order valence-electron chi connectivity index (χ2n) is 9.49. The van der Waals surface area contributed by atoms with Crippen LogP contribution in [0.1, 0.15) is 21.2 Å². The summed E-state index contributed by atoms with van der Waals surface area (Å²) < 4.78 is 13.3. The maximum absolute atomic E-state index is 13.6. The number of carbonyl (C=O) groups is 2. The molecule has 206 valence electrons. The summed E-state index contributed by atoms with van der Waals surface area (Å²) in [4.78, 5) is 31.8. The number of thioether (sulfide) groups is 1. The molecule has 5 nitrogen and oxygen atoms in total. The maximum Gasteiger partial charge on any atom is 0.255 e. The Morgan fingerprint density at radius 1 is 0.762 bits per heavy atom. The Labute approximate surface area is 250 Å². The van der Waals surface area contributed by atoms with Crippen LogP contribution in [0.15, 0.2) is 132 Å². The molecule has 0 aliphatic carbocycles. The molecule has 6 rings (SSSR count). The topological polar surface area (TPSA) is 71.1 Å². The number of nitrogens with one attached hydrogen (secondary N) is 2. The van der Waals surface area contributed by atoms with Crippen LogP contribution in [-0.4, -0.2) is 16.8 Å². The van der Waals surface area contributed by atoms with E-state index in [0.29, 0.717) is 16.4 Å². The molecule has 1 aromatic heterocycles. The van der Waals surface area contributed by atoms with Gasteiger partial charge >= 0.3 is 0 Å². The van der Waals surface area contributed by atoms with Crippen molar-refractivity contribution in [1.82, 2.24) is 4.98 Å². The summed E-state index contributed by atoms with van der Waals surface area (Å²) in [6, 6.07) is 36.6. The highest BCUT2D eigenvalue weighted by Crippen LogP contribution is 2.38. The molecule has 0 aliphatic heterocycles. The van der Waals surface area contributed by atoms with E-state index in [1.165, 1.54) is 47.4 Å². The van der Waals surface area contributed by atoms with E-state index >= 15 is 0 Å². The summed E-state index contributed by atoms with van der Waals surface area (Å²) in [5, 5.41) is 10.0. The van der Waals surface area contributed by atoms with Crippen LogP contribution >= 0.6 is 23.1 Å². The van der Waals surface area contributed by atoms with Gasteiger partial charge in [0.1, 0.15) is 11.1 Å². The average Bonchev–Trinajstić information content (AvgIpc) is 3.49. The van der Waals surface area contributed by atoms with E-state index in [4.69, 9.17) is 4.98 Å². The smallest absolute Gasteiger partial charge is 0.255 e. The number of hydrogen-bond donors (Lipinski definition) is 2. The van der Waals surface area contributed by atoms with Crippen LogP contribution in [0.5, 0.6) is 0 Å². The standard InChI is InChI=1S/C34H24FN3O2S2/c35-27-17-15-24(16-18-27)32(39)36-28-11-6-12-29(20-28)42-31(23-8-2-1-3-9-23)33(40)38-34-37-30(21-41-34)26-14-13-22-7-4-5-10-25(22)19-26/h1-21,31H,(H,36,39)(H,37,38,40). The fourth-order valence-corrected chi connectivity index (χ4v) is 6.28. The van der Waals surface area contributed by atoms with Crippen LogP contribution in [0, 0.1) is 5.82 Å². The number of aromatic nitrogens is 1. The van der Waals surface area contributed by atoms with Crippen LogP contribution in [0.25, 0.3) is 22.0 Å². The Kier molecular flexibility index (Phi) is 8.07. The summed E-state index contributed by atoms with van der Waals surface area (Å²) in [5.41, 5.74) is 3.55. The molecule has 5 aromatic carbocycles. The molecule has 6 aromatic rings. The first-order valence-electron chi connectivity index (χ1n) is 13.2. The summed E-state index contributed by atoms with van der Waals surface area (Å²) in [6.07, 6.45) is 0. The fourth-order valence-electron chi connectivity index (χ4n) is 4.47. The second kappa shape index (κ2) is 12.4. The maximum atomic E-state index is 13.6. The summed E-state index contributed by atoms with van der Waals surface area (Å²) in [5.74, 6) is -0.954. The molecule has 1 atom stereocenters. The molecule has 0 saturated carbocycles. The normalized spacial score (nSPS) is 11.6. The van der Waals surface area contributed by atoms with E-state index in [0.717, 1.165) is 32.5 Å². The van der Waals surface area contributed by atoms with E-state index in [2.05, 4.69) is 34.9 Å². The molecule has 0 spiro atoms. The molecule has 0 aliphatic rings. The molecule has 2 amide bonds. The van der Waals surface area contributed by atoms with Gasteiger partial charge in [-0.05, 0) is 64.9 Å². The van der Waals surface area contributed by atoms with Crippen molar-refractivity contribution in [3.63, 3.8) is 0 Å². The summed E-state index contributed by atoms with van der Waals surface area (Å²) >= 11 is 2.76. The lowest BCUT2D eigenvalue weighted by atomic mass is 10.1. The van der Waals surface area contributed by atoms with Gasteiger partial charge in [0.2, 0.25) is 5.91 Å². The van der Waals surface area contributed by atoms with Crippen LogP contribution in [0.4, 0.5) is 15.2 Å². The molecule has 0 fully saturated rings. The highest BCUT2D eigenvalue weighted by Gasteiger charge is 2.23. The Morgan fingerprint density at radius 3 is 2.33 bits per heavy atom. The van der Waals surface area contributed by atoms with Crippen molar-refractivity contribution in [2.75, 3.05) is 10.6 Å². The first-order valence-corrected chi connectivity index (χ1v) is 14.9. The van der Waals surface area contributed by atoms with Gasteiger partial charge in [-0.2, -0.15) is 0 Å². The van der Waals surface area contributed by atoms with E-state index in [1.807, 2.05) is 72.1 Å². The Bertz CT molecular complexity index is 1870. The molecular formula is C34H24FN3O2S2. The number of carbonyl (C=O) groups excluding carboxylic acids is 2. The zero-order valence-corrected chi connectivity index (χ0v) is 23.8. The minimum absolute atomic E-state index is 0.202. The van der Waals surface area contributed by atoms with Gasteiger partial charge in [0, 0.05) is 27.1 Å². The minimum Gasteiger partial charge on any atom is -0.322 e. The third kappa shape index (κ3) is 6.40. The third-order valence-electron chi connectivity index (χ3n) is 6.57. The second-order valence-corrected chi connectivity index (χ2v) is 11.5. The van der Waals surface area contributed by atoms with Gasteiger partial charge in [0.25, 0.3) is 5.91 Å². The van der Waals surface area contributed by atoms with Crippen molar-refractivity contribution < 1.29 is 14.0 Å².